The predicted molar refractivity (Wildman–Crippen MR) is 97.1 cm³/mol. The van der Waals surface area contributed by atoms with E-state index in [1.165, 1.54) is 5.56 Å². The van der Waals surface area contributed by atoms with Gasteiger partial charge in [0.15, 0.2) is 0 Å². The third kappa shape index (κ3) is 1.74. The third-order valence-corrected chi connectivity index (χ3v) is 4.45. The summed E-state index contributed by atoms with van der Waals surface area (Å²) >= 11 is 0. The summed E-state index contributed by atoms with van der Waals surface area (Å²) in [5.41, 5.74) is 7.72. The van der Waals surface area contributed by atoms with Gasteiger partial charge in [0.1, 0.15) is 0 Å². The van der Waals surface area contributed by atoms with Gasteiger partial charge in [-0.25, -0.2) is 9.97 Å². The number of benzene rings is 2. The summed E-state index contributed by atoms with van der Waals surface area (Å²) in [5, 5.41) is 1.99. The number of hydrogen-bond donors (Lipinski definition) is 0. The van der Waals surface area contributed by atoms with Crippen LogP contribution in [0.5, 0.6) is 0 Å². The van der Waals surface area contributed by atoms with Crippen LogP contribution in [-0.4, -0.2) is 19.9 Å². The highest BCUT2D eigenvalue weighted by Gasteiger charge is 2.14. The Morgan fingerprint density at radius 2 is 1.29 bits per heavy atom. The van der Waals surface area contributed by atoms with E-state index in [0.29, 0.717) is 0 Å². The quantitative estimate of drug-likeness (QED) is 0.312. The van der Waals surface area contributed by atoms with Crippen molar-refractivity contribution in [1.82, 2.24) is 19.9 Å². The van der Waals surface area contributed by atoms with Crippen molar-refractivity contribution in [3.63, 3.8) is 0 Å². The Hall–Kier alpha value is -3.14. The Kier molecular flexibility index (Phi) is 2.59. The summed E-state index contributed by atoms with van der Waals surface area (Å²) in [4.78, 5) is 19.0. The number of fused-ring (bicyclic) bond motifs is 7. The maximum absolute atomic E-state index is 4.97. The number of aryl methyl sites for hydroxylation is 2. The molecular weight excluding hydrogens is 296 g/mol. The lowest BCUT2D eigenvalue weighted by atomic mass is 10.1. The van der Waals surface area contributed by atoms with Crippen LogP contribution < -0.4 is 0 Å². The molecule has 0 saturated carbocycles. The van der Waals surface area contributed by atoms with E-state index in [1.807, 2.05) is 24.3 Å². The molecule has 0 saturated heterocycles. The van der Waals surface area contributed by atoms with Gasteiger partial charge in [-0.15, -0.1) is 0 Å². The van der Waals surface area contributed by atoms with Crippen molar-refractivity contribution in [2.24, 2.45) is 0 Å². The number of pyridine rings is 2. The topological polar surface area (TPSA) is 51.6 Å². The van der Waals surface area contributed by atoms with E-state index in [9.17, 15) is 0 Å². The summed E-state index contributed by atoms with van der Waals surface area (Å²) in [6.45, 7) is 4.17. The number of nitrogens with zero attached hydrogens (tertiary/aromatic N) is 4. The molecular formula is C20H14N4. The zero-order valence-electron chi connectivity index (χ0n) is 13.4. The molecule has 24 heavy (non-hydrogen) atoms. The van der Waals surface area contributed by atoms with Crippen molar-refractivity contribution in [3.05, 3.63) is 59.9 Å². The van der Waals surface area contributed by atoms with Gasteiger partial charge < -0.3 is 0 Å². The molecule has 4 heteroatoms. The van der Waals surface area contributed by atoms with Crippen molar-refractivity contribution < 1.29 is 0 Å². The molecule has 0 amide bonds. The molecule has 0 aliphatic carbocycles. The van der Waals surface area contributed by atoms with Crippen LogP contribution in [0.2, 0.25) is 0 Å². The highest BCUT2D eigenvalue weighted by Crippen LogP contribution is 2.32. The molecule has 2 aromatic carbocycles. The first-order chi connectivity index (χ1) is 11.7. The summed E-state index contributed by atoms with van der Waals surface area (Å²) < 4.78 is 0. The van der Waals surface area contributed by atoms with Gasteiger partial charge in [0, 0.05) is 23.2 Å². The summed E-state index contributed by atoms with van der Waals surface area (Å²) in [7, 11) is 0. The van der Waals surface area contributed by atoms with Gasteiger partial charge in [0.05, 0.1) is 33.1 Å². The molecule has 3 aromatic heterocycles. The monoisotopic (exact) mass is 310 g/mol. The summed E-state index contributed by atoms with van der Waals surface area (Å²) in [6, 6.07) is 12.2. The van der Waals surface area contributed by atoms with E-state index in [1.54, 1.807) is 12.4 Å². The van der Waals surface area contributed by atoms with Crippen LogP contribution in [0.1, 0.15) is 11.1 Å². The maximum Gasteiger partial charge on any atom is 0.0996 e. The fraction of sp³-hybridized carbons (Fsp3) is 0.100. The minimum absolute atomic E-state index is 0.874. The number of aromatic nitrogens is 4. The fourth-order valence-electron chi connectivity index (χ4n) is 3.45. The van der Waals surface area contributed by atoms with Gasteiger partial charge >= 0.3 is 0 Å². The number of rotatable bonds is 0. The van der Waals surface area contributed by atoms with E-state index >= 15 is 0 Å². The highest BCUT2D eigenvalue weighted by molar-refractivity contribution is 6.21. The van der Waals surface area contributed by atoms with Crippen LogP contribution in [0.25, 0.3) is 43.9 Å². The maximum atomic E-state index is 4.97. The molecule has 0 fully saturated rings. The zero-order valence-corrected chi connectivity index (χ0v) is 13.4. The first kappa shape index (κ1) is 13.3. The van der Waals surface area contributed by atoms with Gasteiger partial charge in [0.2, 0.25) is 0 Å². The van der Waals surface area contributed by atoms with E-state index in [2.05, 4.69) is 35.9 Å². The fourth-order valence-corrected chi connectivity index (χ4v) is 3.45. The van der Waals surface area contributed by atoms with Crippen molar-refractivity contribution >= 4 is 43.9 Å². The summed E-state index contributed by atoms with van der Waals surface area (Å²) in [6.07, 6.45) is 3.59. The molecule has 0 unspecified atom stereocenters. The van der Waals surface area contributed by atoms with Crippen molar-refractivity contribution in [3.8, 4) is 0 Å². The Bertz CT molecular complexity index is 1270. The molecule has 0 atom stereocenters. The van der Waals surface area contributed by atoms with Gasteiger partial charge in [-0.2, -0.15) is 0 Å². The van der Waals surface area contributed by atoms with Crippen molar-refractivity contribution in [2.75, 3.05) is 0 Å². The van der Waals surface area contributed by atoms with Crippen molar-refractivity contribution in [1.29, 1.82) is 0 Å². The molecule has 0 radical (unpaired) electrons. The lowest BCUT2D eigenvalue weighted by Crippen LogP contribution is -1.95. The highest BCUT2D eigenvalue weighted by atomic mass is 14.8. The first-order valence-corrected chi connectivity index (χ1v) is 7.92. The average Bonchev–Trinajstić information content (AvgIpc) is 2.61. The second-order valence-corrected chi connectivity index (χ2v) is 6.17. The van der Waals surface area contributed by atoms with E-state index in [4.69, 9.17) is 9.97 Å². The van der Waals surface area contributed by atoms with Crippen LogP contribution in [0.3, 0.4) is 0 Å². The molecule has 114 valence electrons. The van der Waals surface area contributed by atoms with Gasteiger partial charge in [-0.1, -0.05) is 6.07 Å². The number of hydrogen-bond acceptors (Lipinski definition) is 4. The van der Waals surface area contributed by atoms with E-state index < -0.39 is 0 Å². The summed E-state index contributed by atoms with van der Waals surface area (Å²) in [5.74, 6) is 0. The van der Waals surface area contributed by atoms with Gasteiger partial charge in [-0.3, -0.25) is 9.97 Å². The van der Waals surface area contributed by atoms with E-state index in [-0.39, 0.29) is 0 Å². The van der Waals surface area contributed by atoms with Crippen molar-refractivity contribution in [2.45, 2.75) is 13.8 Å². The van der Waals surface area contributed by atoms with Gasteiger partial charge in [0.25, 0.3) is 0 Å². The van der Waals surface area contributed by atoms with Crippen LogP contribution in [0.15, 0.2) is 48.8 Å². The molecule has 0 bridgehead atoms. The Labute approximate surface area is 138 Å². The lowest BCUT2D eigenvalue weighted by Gasteiger charge is -2.10. The third-order valence-electron chi connectivity index (χ3n) is 4.45. The molecule has 3 heterocycles. The largest absolute Gasteiger partial charge is 0.254 e. The molecule has 5 rings (SSSR count). The molecule has 0 N–H and O–H groups in total. The molecule has 4 nitrogen and oxygen atoms in total. The normalized spacial score (nSPS) is 11.8. The standard InChI is InChI=1S/C20H14N4/c1-11-9-12(2)16-15(10-11)23-19-13-5-3-7-21-17(13)18-14(20(19)24-16)6-4-8-22-18/h3-10H,1-2H3. The van der Waals surface area contributed by atoms with Gasteiger partial charge in [-0.05, 0) is 55.3 Å². The smallest absolute Gasteiger partial charge is 0.0996 e. The van der Waals surface area contributed by atoms with Crippen LogP contribution in [0, 0.1) is 13.8 Å². The first-order valence-electron chi connectivity index (χ1n) is 7.92. The second-order valence-electron chi connectivity index (χ2n) is 6.17. The Morgan fingerprint density at radius 3 is 1.96 bits per heavy atom. The Morgan fingerprint density at radius 1 is 0.667 bits per heavy atom. The van der Waals surface area contributed by atoms with Crippen LogP contribution >= 0.6 is 0 Å². The minimum Gasteiger partial charge on any atom is -0.254 e. The molecule has 0 aliphatic rings. The average molecular weight is 310 g/mol. The second kappa shape index (κ2) is 4.68. The molecule has 0 spiro atoms. The van der Waals surface area contributed by atoms with Crippen LogP contribution in [-0.2, 0) is 0 Å². The predicted octanol–water partition coefficient (Wildman–Crippen LogP) is 4.50. The Balaban J connectivity index is 2.14. The molecule has 0 aliphatic heterocycles. The lowest BCUT2D eigenvalue weighted by molar-refractivity contribution is 1.33. The minimum atomic E-state index is 0.874. The molecule has 5 aromatic rings. The van der Waals surface area contributed by atoms with Crippen LogP contribution in [0.4, 0.5) is 0 Å². The zero-order chi connectivity index (χ0) is 16.3. The SMILES string of the molecule is Cc1cc(C)c2nc3c4cccnc4c4ncccc4c3nc2c1. The van der Waals surface area contributed by atoms with E-state index in [0.717, 1.165) is 49.4 Å².